The molecule has 7 heteroatoms. The molecule has 0 saturated carbocycles. The summed E-state index contributed by atoms with van der Waals surface area (Å²) in [5, 5.41) is 9.45. The smallest absolute Gasteiger partial charge is 0.233 e. The number of piperidine rings is 1. The summed E-state index contributed by atoms with van der Waals surface area (Å²) in [5.74, 6) is 2.41. The molecule has 3 heterocycles. The minimum atomic E-state index is 0.194. The van der Waals surface area contributed by atoms with E-state index in [2.05, 4.69) is 40.4 Å². The Morgan fingerprint density at radius 1 is 1.31 bits per heavy atom. The highest BCUT2D eigenvalue weighted by Crippen LogP contribution is 2.25. The van der Waals surface area contributed by atoms with Crippen molar-refractivity contribution in [3.8, 4) is 0 Å². The van der Waals surface area contributed by atoms with Gasteiger partial charge < -0.3 is 9.32 Å². The average Bonchev–Trinajstić information content (AvgIpc) is 3.25. The van der Waals surface area contributed by atoms with Crippen LogP contribution >= 0.6 is 11.8 Å². The van der Waals surface area contributed by atoms with Crippen LogP contribution in [0, 0.1) is 0 Å². The Bertz CT molecular complexity index is 703. The van der Waals surface area contributed by atoms with Gasteiger partial charge in [-0.3, -0.25) is 9.36 Å². The predicted octanol–water partition coefficient (Wildman–Crippen LogP) is 3.75. The van der Waals surface area contributed by atoms with Crippen LogP contribution in [0.3, 0.4) is 0 Å². The summed E-state index contributed by atoms with van der Waals surface area (Å²) >= 11 is 1.48. The number of hydrogen-bond acceptors (Lipinski definition) is 5. The monoisotopic (exact) mass is 376 g/mol. The highest BCUT2D eigenvalue weighted by atomic mass is 32.2. The fourth-order valence-electron chi connectivity index (χ4n) is 3.67. The summed E-state index contributed by atoms with van der Waals surface area (Å²) < 4.78 is 7.56. The van der Waals surface area contributed by atoms with Crippen molar-refractivity contribution in [2.75, 3.05) is 5.75 Å². The van der Waals surface area contributed by atoms with Crippen LogP contribution in [0.4, 0.5) is 0 Å². The lowest BCUT2D eigenvalue weighted by Gasteiger charge is -2.39. The van der Waals surface area contributed by atoms with Crippen LogP contribution in [0.5, 0.6) is 0 Å². The lowest BCUT2D eigenvalue weighted by Crippen LogP contribution is -2.48. The standard InChI is InChI=1S/C19H28N4O2S/c1-4-7-17-20-21-19(22(17)12-16-10-6-11-25-16)26-13-18(24)23-14(2)8-5-9-15(23)3/h6,10-11,14-15H,4-5,7-9,12-13H2,1-3H3. The van der Waals surface area contributed by atoms with Gasteiger partial charge in [0.25, 0.3) is 0 Å². The quantitative estimate of drug-likeness (QED) is 0.689. The van der Waals surface area contributed by atoms with E-state index in [1.54, 1.807) is 6.26 Å². The molecule has 2 aromatic rings. The molecule has 2 unspecified atom stereocenters. The molecule has 0 spiro atoms. The molecule has 1 amide bonds. The van der Waals surface area contributed by atoms with E-state index >= 15 is 0 Å². The SMILES string of the molecule is CCCc1nnc(SCC(=O)N2C(C)CCCC2C)n1Cc1ccco1. The molecule has 1 aliphatic heterocycles. The second-order valence-corrected chi connectivity index (χ2v) is 7.98. The lowest BCUT2D eigenvalue weighted by atomic mass is 9.98. The largest absolute Gasteiger partial charge is 0.467 e. The Balaban J connectivity index is 1.70. The number of hydrogen-bond donors (Lipinski definition) is 0. The van der Waals surface area contributed by atoms with Crippen LogP contribution in [-0.4, -0.2) is 43.4 Å². The van der Waals surface area contributed by atoms with Gasteiger partial charge in [0, 0.05) is 18.5 Å². The number of likely N-dealkylation sites (tertiary alicyclic amines) is 1. The van der Waals surface area contributed by atoms with E-state index in [4.69, 9.17) is 4.42 Å². The van der Waals surface area contributed by atoms with Gasteiger partial charge in [-0.25, -0.2) is 0 Å². The number of aromatic nitrogens is 3. The van der Waals surface area contributed by atoms with E-state index in [0.29, 0.717) is 24.4 Å². The zero-order valence-corrected chi connectivity index (χ0v) is 16.7. The highest BCUT2D eigenvalue weighted by Gasteiger charge is 2.29. The Hall–Kier alpha value is -1.76. The van der Waals surface area contributed by atoms with Gasteiger partial charge in [-0.15, -0.1) is 10.2 Å². The van der Waals surface area contributed by atoms with Gasteiger partial charge in [0.1, 0.15) is 11.6 Å². The molecule has 0 aliphatic carbocycles. The first kappa shape index (κ1) is 19.0. The molecule has 142 valence electrons. The molecule has 2 aromatic heterocycles. The second-order valence-electron chi connectivity index (χ2n) is 7.03. The highest BCUT2D eigenvalue weighted by molar-refractivity contribution is 7.99. The van der Waals surface area contributed by atoms with Gasteiger partial charge in [-0.05, 0) is 51.7 Å². The molecule has 2 atom stereocenters. The molecular weight excluding hydrogens is 348 g/mol. The first-order valence-electron chi connectivity index (χ1n) is 9.48. The molecule has 0 bridgehead atoms. The fourth-order valence-corrected chi connectivity index (χ4v) is 4.49. The Morgan fingerprint density at radius 2 is 2.08 bits per heavy atom. The third kappa shape index (κ3) is 4.31. The van der Waals surface area contributed by atoms with Gasteiger partial charge in [-0.2, -0.15) is 0 Å². The Labute approximate surface area is 159 Å². The molecule has 1 aliphatic rings. The third-order valence-electron chi connectivity index (χ3n) is 4.97. The van der Waals surface area contributed by atoms with Gasteiger partial charge in [0.2, 0.25) is 5.91 Å². The van der Waals surface area contributed by atoms with Crippen molar-refractivity contribution in [3.63, 3.8) is 0 Å². The summed E-state index contributed by atoms with van der Waals surface area (Å²) in [6, 6.07) is 4.48. The first-order chi connectivity index (χ1) is 12.6. The van der Waals surface area contributed by atoms with E-state index in [0.717, 1.165) is 42.4 Å². The molecule has 6 nitrogen and oxygen atoms in total. The Morgan fingerprint density at radius 3 is 2.73 bits per heavy atom. The van der Waals surface area contributed by atoms with Crippen molar-refractivity contribution < 1.29 is 9.21 Å². The molecule has 0 radical (unpaired) electrons. The second kappa shape index (κ2) is 8.75. The van der Waals surface area contributed by atoms with Gasteiger partial charge in [0.15, 0.2) is 5.16 Å². The van der Waals surface area contributed by atoms with E-state index in [1.165, 1.54) is 18.2 Å². The number of nitrogens with zero attached hydrogens (tertiary/aromatic N) is 4. The van der Waals surface area contributed by atoms with Gasteiger partial charge in [-0.1, -0.05) is 18.7 Å². The number of furan rings is 1. The topological polar surface area (TPSA) is 64.2 Å². The van der Waals surface area contributed by atoms with Crippen molar-refractivity contribution in [1.82, 2.24) is 19.7 Å². The van der Waals surface area contributed by atoms with Crippen LogP contribution < -0.4 is 0 Å². The predicted molar refractivity (Wildman–Crippen MR) is 102 cm³/mol. The number of aryl methyl sites for hydroxylation is 1. The van der Waals surface area contributed by atoms with E-state index in [-0.39, 0.29) is 5.91 Å². The zero-order chi connectivity index (χ0) is 18.5. The molecule has 0 N–H and O–H groups in total. The summed E-state index contributed by atoms with van der Waals surface area (Å²) in [6.45, 7) is 7.03. The maximum absolute atomic E-state index is 12.8. The number of amides is 1. The van der Waals surface area contributed by atoms with Crippen LogP contribution in [0.2, 0.25) is 0 Å². The molecule has 3 rings (SSSR count). The van der Waals surface area contributed by atoms with Crippen molar-refractivity contribution >= 4 is 17.7 Å². The number of carbonyl (C=O) groups excluding carboxylic acids is 1. The minimum absolute atomic E-state index is 0.194. The van der Waals surface area contributed by atoms with Crippen LogP contribution in [-0.2, 0) is 17.8 Å². The molecule has 0 aromatic carbocycles. The number of rotatable bonds is 7. The van der Waals surface area contributed by atoms with Crippen molar-refractivity contribution in [1.29, 1.82) is 0 Å². The number of carbonyl (C=O) groups is 1. The lowest BCUT2D eigenvalue weighted by molar-refractivity contribution is -0.134. The summed E-state index contributed by atoms with van der Waals surface area (Å²) in [5.41, 5.74) is 0. The molecule has 1 fully saturated rings. The van der Waals surface area contributed by atoms with Gasteiger partial charge >= 0.3 is 0 Å². The zero-order valence-electron chi connectivity index (χ0n) is 15.9. The summed E-state index contributed by atoms with van der Waals surface area (Å²) in [7, 11) is 0. The van der Waals surface area contributed by atoms with Crippen LogP contribution in [0.15, 0.2) is 28.0 Å². The fraction of sp³-hybridized carbons (Fsp3) is 0.632. The van der Waals surface area contributed by atoms with Crippen LogP contribution in [0.1, 0.15) is 58.0 Å². The molecular formula is C19H28N4O2S. The Kier molecular flexibility index (Phi) is 6.40. The molecule has 26 heavy (non-hydrogen) atoms. The van der Waals surface area contributed by atoms with Crippen LogP contribution in [0.25, 0.3) is 0 Å². The average molecular weight is 377 g/mol. The molecule has 1 saturated heterocycles. The van der Waals surface area contributed by atoms with Crippen molar-refractivity contribution in [3.05, 3.63) is 30.0 Å². The minimum Gasteiger partial charge on any atom is -0.467 e. The van der Waals surface area contributed by atoms with Crippen molar-refractivity contribution in [2.45, 2.75) is 76.7 Å². The number of thioether (sulfide) groups is 1. The summed E-state index contributed by atoms with van der Waals surface area (Å²) in [4.78, 5) is 14.8. The van der Waals surface area contributed by atoms with Gasteiger partial charge in [0.05, 0.1) is 18.6 Å². The maximum atomic E-state index is 12.8. The maximum Gasteiger partial charge on any atom is 0.233 e. The van der Waals surface area contributed by atoms with Crippen molar-refractivity contribution in [2.24, 2.45) is 0 Å². The summed E-state index contributed by atoms with van der Waals surface area (Å²) in [6.07, 6.45) is 6.93. The first-order valence-corrected chi connectivity index (χ1v) is 10.5. The normalized spacial score (nSPS) is 20.5. The van der Waals surface area contributed by atoms with E-state index < -0.39 is 0 Å². The third-order valence-corrected chi connectivity index (χ3v) is 5.92. The van der Waals surface area contributed by atoms with E-state index in [9.17, 15) is 4.79 Å². The van der Waals surface area contributed by atoms with E-state index in [1.807, 2.05) is 12.1 Å².